The van der Waals surface area contributed by atoms with Crippen LogP contribution in [0, 0.1) is 6.92 Å². The number of hydrogen-bond acceptors (Lipinski definition) is 3. The van der Waals surface area contributed by atoms with Crippen LogP contribution in [0.1, 0.15) is 37.7 Å². The number of nitrogens with zero attached hydrogens (tertiary/aromatic N) is 1. The lowest BCUT2D eigenvalue weighted by Crippen LogP contribution is -3.20. The molecule has 5 heteroatoms. The minimum absolute atomic E-state index is 0.0829. The first-order valence-corrected chi connectivity index (χ1v) is 8.51. The van der Waals surface area contributed by atoms with E-state index in [9.17, 15) is 14.7 Å². The minimum atomic E-state index is -0.292. The number of benzene rings is 1. The molecule has 23 heavy (non-hydrogen) atoms. The van der Waals surface area contributed by atoms with Crippen molar-refractivity contribution in [3.05, 3.63) is 29.8 Å². The molecule has 124 valence electrons. The SMILES string of the molecule is Cc1cccc(N2C(=O)C[C@H]([NH+]3CCCC[C@H]3CCO)C2=O)c1. The van der Waals surface area contributed by atoms with Crippen molar-refractivity contribution in [1.82, 2.24) is 0 Å². The van der Waals surface area contributed by atoms with Gasteiger partial charge in [-0.15, -0.1) is 0 Å². The second-order valence-electron chi connectivity index (χ2n) is 6.69. The van der Waals surface area contributed by atoms with Crippen LogP contribution in [-0.2, 0) is 9.59 Å². The molecule has 1 unspecified atom stereocenters. The van der Waals surface area contributed by atoms with Gasteiger partial charge in [0.2, 0.25) is 5.91 Å². The standard InChI is InChI=1S/C18H24N2O3/c1-13-5-4-7-15(11-13)20-17(22)12-16(18(20)23)19-9-3-2-6-14(19)8-10-21/h4-5,7,11,14,16,21H,2-3,6,8-10,12H2,1H3/p+1/t14-,16-/m0/s1. The third-order valence-electron chi connectivity index (χ3n) is 5.12. The topological polar surface area (TPSA) is 62.1 Å². The van der Waals surface area contributed by atoms with Gasteiger partial charge in [0.15, 0.2) is 6.04 Å². The Hall–Kier alpha value is -1.72. The normalized spacial score (nSPS) is 28.4. The predicted molar refractivity (Wildman–Crippen MR) is 87.2 cm³/mol. The number of quaternary nitrogens is 1. The van der Waals surface area contributed by atoms with Crippen molar-refractivity contribution >= 4 is 17.5 Å². The van der Waals surface area contributed by atoms with Gasteiger partial charge in [-0.2, -0.15) is 0 Å². The van der Waals surface area contributed by atoms with Crippen LogP contribution in [0.25, 0.3) is 0 Å². The number of nitrogens with one attached hydrogen (secondary N) is 1. The summed E-state index contributed by atoms with van der Waals surface area (Å²) in [5, 5.41) is 9.28. The summed E-state index contributed by atoms with van der Waals surface area (Å²) in [6.45, 7) is 3.01. The summed E-state index contributed by atoms with van der Waals surface area (Å²) in [6.07, 6.45) is 4.24. The number of anilines is 1. The average Bonchev–Trinajstić information content (AvgIpc) is 2.83. The van der Waals surface area contributed by atoms with E-state index in [2.05, 4.69) is 0 Å². The maximum atomic E-state index is 12.9. The van der Waals surface area contributed by atoms with E-state index in [-0.39, 0.29) is 36.9 Å². The minimum Gasteiger partial charge on any atom is -0.396 e. The van der Waals surface area contributed by atoms with E-state index < -0.39 is 0 Å². The maximum absolute atomic E-state index is 12.9. The Morgan fingerprint density at radius 1 is 1.30 bits per heavy atom. The van der Waals surface area contributed by atoms with Crippen LogP contribution in [0.15, 0.2) is 24.3 Å². The largest absolute Gasteiger partial charge is 0.396 e. The molecule has 0 spiro atoms. The lowest BCUT2D eigenvalue weighted by Gasteiger charge is -2.35. The molecule has 3 rings (SSSR count). The first-order chi connectivity index (χ1) is 11.1. The first-order valence-electron chi connectivity index (χ1n) is 8.51. The highest BCUT2D eigenvalue weighted by Crippen LogP contribution is 2.23. The van der Waals surface area contributed by atoms with Crippen molar-refractivity contribution in [3.8, 4) is 0 Å². The fraction of sp³-hybridized carbons (Fsp3) is 0.556. The summed E-state index contributed by atoms with van der Waals surface area (Å²) in [5.41, 5.74) is 1.72. The number of piperidine rings is 1. The highest BCUT2D eigenvalue weighted by atomic mass is 16.3. The molecule has 2 heterocycles. The lowest BCUT2D eigenvalue weighted by atomic mass is 9.97. The van der Waals surface area contributed by atoms with Crippen LogP contribution in [0.4, 0.5) is 5.69 Å². The number of likely N-dealkylation sites (tertiary alicyclic amines) is 1. The molecule has 2 amide bonds. The fourth-order valence-corrected chi connectivity index (χ4v) is 4.01. The second-order valence-corrected chi connectivity index (χ2v) is 6.69. The van der Waals surface area contributed by atoms with Crippen LogP contribution >= 0.6 is 0 Å². The lowest BCUT2D eigenvalue weighted by molar-refractivity contribution is -0.945. The molecule has 2 N–H and O–H groups in total. The molecular formula is C18H25N2O3+. The van der Waals surface area contributed by atoms with Gasteiger partial charge in [0.1, 0.15) is 0 Å². The van der Waals surface area contributed by atoms with E-state index in [1.54, 1.807) is 0 Å². The van der Waals surface area contributed by atoms with Crippen LogP contribution in [0.2, 0.25) is 0 Å². The quantitative estimate of drug-likeness (QED) is 0.793. The van der Waals surface area contributed by atoms with E-state index in [0.29, 0.717) is 12.1 Å². The molecule has 0 radical (unpaired) electrons. The molecule has 1 aromatic rings. The summed E-state index contributed by atoms with van der Waals surface area (Å²) < 4.78 is 0. The number of hydrogen-bond donors (Lipinski definition) is 2. The van der Waals surface area contributed by atoms with Crippen LogP contribution in [-0.4, -0.2) is 42.2 Å². The predicted octanol–water partition coefficient (Wildman–Crippen LogP) is 0.447. The van der Waals surface area contributed by atoms with E-state index >= 15 is 0 Å². The Morgan fingerprint density at radius 3 is 2.87 bits per heavy atom. The van der Waals surface area contributed by atoms with E-state index in [4.69, 9.17) is 0 Å². The van der Waals surface area contributed by atoms with Crippen molar-refractivity contribution in [2.24, 2.45) is 0 Å². The monoisotopic (exact) mass is 317 g/mol. The zero-order chi connectivity index (χ0) is 16.4. The Morgan fingerprint density at radius 2 is 2.13 bits per heavy atom. The number of carbonyl (C=O) groups is 2. The zero-order valence-electron chi connectivity index (χ0n) is 13.6. The summed E-state index contributed by atoms with van der Waals surface area (Å²) in [4.78, 5) is 27.9. The summed E-state index contributed by atoms with van der Waals surface area (Å²) in [5.74, 6) is -0.188. The highest BCUT2D eigenvalue weighted by Gasteiger charge is 2.48. The number of aliphatic hydroxyl groups is 1. The van der Waals surface area contributed by atoms with Crippen molar-refractivity contribution < 1.29 is 19.6 Å². The van der Waals surface area contributed by atoms with Gasteiger partial charge in [0, 0.05) is 13.0 Å². The van der Waals surface area contributed by atoms with Crippen LogP contribution in [0.5, 0.6) is 0 Å². The molecule has 0 bridgehead atoms. The van der Waals surface area contributed by atoms with Crippen LogP contribution in [0.3, 0.4) is 0 Å². The Balaban J connectivity index is 1.83. The number of aryl methyl sites for hydroxylation is 1. The first kappa shape index (κ1) is 16.1. The fourth-order valence-electron chi connectivity index (χ4n) is 4.01. The van der Waals surface area contributed by atoms with E-state index in [1.165, 1.54) is 9.80 Å². The van der Waals surface area contributed by atoms with Gasteiger partial charge in [-0.25, -0.2) is 4.90 Å². The van der Waals surface area contributed by atoms with E-state index in [0.717, 1.165) is 31.4 Å². The van der Waals surface area contributed by atoms with Crippen molar-refractivity contribution in [2.45, 2.75) is 51.1 Å². The Labute approximate surface area is 136 Å². The van der Waals surface area contributed by atoms with E-state index in [1.807, 2.05) is 31.2 Å². The molecular weight excluding hydrogens is 292 g/mol. The zero-order valence-corrected chi connectivity index (χ0v) is 13.6. The number of imide groups is 1. The van der Waals surface area contributed by atoms with Gasteiger partial charge in [-0.05, 0) is 43.9 Å². The average molecular weight is 317 g/mol. The van der Waals surface area contributed by atoms with Gasteiger partial charge in [-0.1, -0.05) is 12.1 Å². The molecule has 3 atom stereocenters. The molecule has 1 aromatic carbocycles. The van der Waals surface area contributed by atoms with Gasteiger partial charge in [0.25, 0.3) is 5.91 Å². The highest BCUT2D eigenvalue weighted by molar-refractivity contribution is 6.21. The molecule has 0 aliphatic carbocycles. The smallest absolute Gasteiger partial charge is 0.292 e. The Bertz CT molecular complexity index is 600. The van der Waals surface area contributed by atoms with Crippen molar-refractivity contribution in [1.29, 1.82) is 0 Å². The molecule has 2 fully saturated rings. The molecule has 0 aromatic heterocycles. The van der Waals surface area contributed by atoms with Crippen molar-refractivity contribution in [3.63, 3.8) is 0 Å². The number of aliphatic hydroxyl groups excluding tert-OH is 1. The van der Waals surface area contributed by atoms with Gasteiger partial charge in [-0.3, -0.25) is 9.59 Å². The summed E-state index contributed by atoms with van der Waals surface area (Å²) in [7, 11) is 0. The van der Waals surface area contributed by atoms with Crippen molar-refractivity contribution in [2.75, 3.05) is 18.1 Å². The van der Waals surface area contributed by atoms with Gasteiger partial charge < -0.3 is 10.0 Å². The molecule has 0 saturated carbocycles. The second kappa shape index (κ2) is 6.81. The van der Waals surface area contributed by atoms with Crippen LogP contribution < -0.4 is 9.80 Å². The third-order valence-corrected chi connectivity index (χ3v) is 5.12. The maximum Gasteiger partial charge on any atom is 0.292 e. The molecule has 2 saturated heterocycles. The molecule has 2 aliphatic rings. The number of rotatable bonds is 4. The van der Waals surface area contributed by atoms with Gasteiger partial charge in [0.05, 0.1) is 24.7 Å². The number of carbonyl (C=O) groups excluding carboxylic acids is 2. The summed E-state index contributed by atoms with van der Waals surface area (Å²) >= 11 is 0. The Kier molecular flexibility index (Phi) is 4.78. The molecule has 2 aliphatic heterocycles. The third kappa shape index (κ3) is 3.16. The molecule has 5 nitrogen and oxygen atoms in total. The number of amides is 2. The summed E-state index contributed by atoms with van der Waals surface area (Å²) in [6, 6.07) is 7.53. The van der Waals surface area contributed by atoms with Gasteiger partial charge >= 0.3 is 0 Å².